The number of likely N-dealkylation sites (N-methyl/N-ethyl adjacent to an activating group) is 1. The molecule has 0 heterocycles. The molecule has 0 amide bonds. The van der Waals surface area contributed by atoms with Gasteiger partial charge < -0.3 is 5.32 Å². The zero-order chi connectivity index (χ0) is 9.40. The molecule has 1 N–H and O–H groups in total. The zero-order valence-electron chi connectivity index (χ0n) is 8.61. The van der Waals surface area contributed by atoms with Gasteiger partial charge in [-0.15, -0.1) is 0 Å². The molecule has 0 unspecified atom stereocenters. The summed E-state index contributed by atoms with van der Waals surface area (Å²) < 4.78 is 0. The summed E-state index contributed by atoms with van der Waals surface area (Å²) in [4.78, 5) is 0. The third kappa shape index (κ3) is 5.00. The Bertz CT molecular complexity index is 156. The van der Waals surface area contributed by atoms with Crippen molar-refractivity contribution in [1.82, 2.24) is 5.32 Å². The van der Waals surface area contributed by atoms with Crippen molar-refractivity contribution in [2.75, 3.05) is 7.05 Å². The molecule has 0 aromatic carbocycles. The average Bonchev–Trinajstić information content (AvgIpc) is 2.11. The van der Waals surface area contributed by atoms with Gasteiger partial charge in [0, 0.05) is 12.7 Å². The predicted molar refractivity (Wildman–Crippen MR) is 56.1 cm³/mol. The summed E-state index contributed by atoms with van der Waals surface area (Å²) in [5, 5.41) is 3.04. The largest absolute Gasteiger partial charge is 0.389 e. The zero-order valence-corrected chi connectivity index (χ0v) is 8.61. The van der Waals surface area contributed by atoms with Gasteiger partial charge in [-0.05, 0) is 25.3 Å². The molecule has 1 heteroatoms. The van der Waals surface area contributed by atoms with E-state index in [1.54, 1.807) is 0 Å². The fraction of sp³-hybridized carbons (Fsp3) is 0.636. The third-order valence-corrected chi connectivity index (χ3v) is 2.01. The van der Waals surface area contributed by atoms with Gasteiger partial charge in [0.1, 0.15) is 0 Å². The van der Waals surface area contributed by atoms with E-state index in [0.29, 0.717) is 0 Å². The molecule has 0 atom stereocenters. The summed E-state index contributed by atoms with van der Waals surface area (Å²) in [6.07, 6.45) is 7.07. The Morgan fingerprint density at radius 2 is 2.08 bits per heavy atom. The maximum Gasteiger partial charge on any atom is 0.0264 e. The molecule has 0 spiro atoms. The second-order valence-corrected chi connectivity index (χ2v) is 3.03. The van der Waals surface area contributed by atoms with Crippen molar-refractivity contribution in [3.8, 4) is 0 Å². The van der Waals surface area contributed by atoms with E-state index in [1.165, 1.54) is 24.8 Å². The van der Waals surface area contributed by atoms with Crippen LogP contribution in [0.2, 0.25) is 0 Å². The van der Waals surface area contributed by atoms with Gasteiger partial charge in [-0.3, -0.25) is 0 Å². The molecule has 0 aromatic rings. The summed E-state index contributed by atoms with van der Waals surface area (Å²) in [7, 11) is 1.91. The lowest BCUT2D eigenvalue weighted by Crippen LogP contribution is -2.01. The lowest BCUT2D eigenvalue weighted by Gasteiger charge is -2.04. The Hall–Kier alpha value is -0.720. The Morgan fingerprint density at radius 3 is 2.50 bits per heavy atom. The van der Waals surface area contributed by atoms with Gasteiger partial charge in [0.15, 0.2) is 0 Å². The highest BCUT2D eigenvalue weighted by atomic mass is 14.8. The van der Waals surface area contributed by atoms with E-state index in [2.05, 4.69) is 31.8 Å². The van der Waals surface area contributed by atoms with E-state index in [1.807, 2.05) is 7.05 Å². The Labute approximate surface area is 76.6 Å². The Kier molecular flexibility index (Phi) is 6.54. The van der Waals surface area contributed by atoms with E-state index in [4.69, 9.17) is 0 Å². The molecular weight excluding hydrogens is 146 g/mol. The van der Waals surface area contributed by atoms with Crippen LogP contribution < -0.4 is 5.32 Å². The molecule has 70 valence electrons. The minimum absolute atomic E-state index is 1.02. The van der Waals surface area contributed by atoms with Crippen LogP contribution in [0, 0.1) is 0 Å². The minimum Gasteiger partial charge on any atom is -0.389 e. The van der Waals surface area contributed by atoms with Crippen molar-refractivity contribution in [2.24, 2.45) is 0 Å². The van der Waals surface area contributed by atoms with Gasteiger partial charge in [0.2, 0.25) is 0 Å². The van der Waals surface area contributed by atoms with Crippen molar-refractivity contribution in [3.05, 3.63) is 23.9 Å². The van der Waals surface area contributed by atoms with Crippen LogP contribution in [-0.4, -0.2) is 7.05 Å². The van der Waals surface area contributed by atoms with Crippen LogP contribution in [0.4, 0.5) is 0 Å². The number of hydrogen-bond acceptors (Lipinski definition) is 1. The first-order chi connectivity index (χ1) is 5.74. The van der Waals surface area contributed by atoms with Gasteiger partial charge in [-0.2, -0.15) is 0 Å². The van der Waals surface area contributed by atoms with E-state index in [0.717, 1.165) is 12.1 Å². The van der Waals surface area contributed by atoms with Crippen LogP contribution in [0.5, 0.6) is 0 Å². The molecular formula is C11H21N. The van der Waals surface area contributed by atoms with Gasteiger partial charge in [-0.25, -0.2) is 0 Å². The van der Waals surface area contributed by atoms with E-state index in [-0.39, 0.29) is 0 Å². The van der Waals surface area contributed by atoms with E-state index < -0.39 is 0 Å². The number of nitrogens with one attached hydrogen (secondary N) is 1. The molecule has 0 aliphatic rings. The molecule has 0 rings (SSSR count). The highest BCUT2D eigenvalue weighted by molar-refractivity contribution is 5.18. The van der Waals surface area contributed by atoms with Crippen molar-refractivity contribution < 1.29 is 0 Å². The highest BCUT2D eigenvalue weighted by Gasteiger charge is 1.93. The van der Waals surface area contributed by atoms with Crippen molar-refractivity contribution in [2.45, 2.75) is 39.5 Å². The van der Waals surface area contributed by atoms with Crippen molar-refractivity contribution in [1.29, 1.82) is 0 Å². The quantitative estimate of drug-likeness (QED) is 0.599. The molecule has 1 nitrogen and oxygen atoms in total. The topological polar surface area (TPSA) is 12.0 Å². The number of allylic oxidation sites excluding steroid dienone is 2. The van der Waals surface area contributed by atoms with Gasteiger partial charge in [0.25, 0.3) is 0 Å². The summed E-state index contributed by atoms with van der Waals surface area (Å²) in [6, 6.07) is 0. The second kappa shape index (κ2) is 6.96. The normalized spacial score (nSPS) is 11.4. The van der Waals surface area contributed by atoms with Gasteiger partial charge >= 0.3 is 0 Å². The smallest absolute Gasteiger partial charge is 0.0264 e. The minimum atomic E-state index is 1.02. The van der Waals surface area contributed by atoms with Crippen LogP contribution in [0.3, 0.4) is 0 Å². The Morgan fingerprint density at radius 1 is 1.42 bits per heavy atom. The molecule has 0 saturated heterocycles. The second-order valence-electron chi connectivity index (χ2n) is 3.03. The first-order valence-corrected chi connectivity index (χ1v) is 4.80. The molecule has 0 bridgehead atoms. The van der Waals surface area contributed by atoms with E-state index >= 15 is 0 Å². The van der Waals surface area contributed by atoms with Crippen LogP contribution in [-0.2, 0) is 0 Å². The molecule has 0 aliphatic carbocycles. The summed E-state index contributed by atoms with van der Waals surface area (Å²) in [5.41, 5.74) is 2.51. The SMILES string of the molecule is C=C(/C=C(/CC)CCCC)NC. The molecule has 0 aliphatic heterocycles. The summed E-state index contributed by atoms with van der Waals surface area (Å²) in [6.45, 7) is 8.30. The number of hydrogen-bond donors (Lipinski definition) is 1. The maximum absolute atomic E-state index is 3.88. The van der Waals surface area contributed by atoms with E-state index in [9.17, 15) is 0 Å². The third-order valence-electron chi connectivity index (χ3n) is 2.01. The van der Waals surface area contributed by atoms with Crippen molar-refractivity contribution >= 4 is 0 Å². The molecule has 0 saturated carbocycles. The summed E-state index contributed by atoms with van der Waals surface area (Å²) >= 11 is 0. The fourth-order valence-electron chi connectivity index (χ4n) is 1.07. The average molecular weight is 167 g/mol. The predicted octanol–water partition coefficient (Wildman–Crippen LogP) is 3.25. The first-order valence-electron chi connectivity index (χ1n) is 4.80. The molecule has 0 fully saturated rings. The number of rotatable bonds is 6. The van der Waals surface area contributed by atoms with Gasteiger partial charge in [0.05, 0.1) is 0 Å². The van der Waals surface area contributed by atoms with Crippen LogP contribution >= 0.6 is 0 Å². The monoisotopic (exact) mass is 167 g/mol. The van der Waals surface area contributed by atoms with Crippen LogP contribution in [0.15, 0.2) is 23.9 Å². The van der Waals surface area contributed by atoms with Crippen LogP contribution in [0.25, 0.3) is 0 Å². The van der Waals surface area contributed by atoms with Crippen molar-refractivity contribution in [3.63, 3.8) is 0 Å². The molecule has 0 aromatic heterocycles. The summed E-state index contributed by atoms with van der Waals surface area (Å²) in [5.74, 6) is 0. The Balaban J connectivity index is 3.94. The molecule has 12 heavy (non-hydrogen) atoms. The highest BCUT2D eigenvalue weighted by Crippen LogP contribution is 2.12. The first kappa shape index (κ1) is 11.3. The number of unbranched alkanes of at least 4 members (excludes halogenated alkanes) is 1. The standard InChI is InChI=1S/C11H21N/c1-5-7-8-11(6-2)9-10(3)12-4/h9,12H,3,5-8H2,1-2,4H3/b11-9-. The lowest BCUT2D eigenvalue weighted by atomic mass is 10.1. The fourth-order valence-corrected chi connectivity index (χ4v) is 1.07. The van der Waals surface area contributed by atoms with Gasteiger partial charge in [-0.1, -0.05) is 32.4 Å². The van der Waals surface area contributed by atoms with Crippen LogP contribution in [0.1, 0.15) is 39.5 Å². The maximum atomic E-state index is 3.88. The lowest BCUT2D eigenvalue weighted by molar-refractivity contribution is 0.764. The molecule has 0 radical (unpaired) electrons.